The molecule has 80 valence electrons. The molecular formula is C14H24. The number of allylic oxidation sites excluding steroid dienone is 2. The summed E-state index contributed by atoms with van der Waals surface area (Å²) in [6, 6.07) is 0. The van der Waals surface area contributed by atoms with Crippen molar-refractivity contribution in [2.75, 3.05) is 0 Å². The van der Waals surface area contributed by atoms with E-state index in [2.05, 4.69) is 20.8 Å². The molecule has 0 bridgehead atoms. The van der Waals surface area contributed by atoms with Gasteiger partial charge in [-0.2, -0.15) is 0 Å². The van der Waals surface area contributed by atoms with E-state index < -0.39 is 0 Å². The van der Waals surface area contributed by atoms with Crippen molar-refractivity contribution in [1.82, 2.24) is 0 Å². The molecule has 14 heavy (non-hydrogen) atoms. The van der Waals surface area contributed by atoms with Crippen LogP contribution in [0.25, 0.3) is 0 Å². The van der Waals surface area contributed by atoms with E-state index in [0.29, 0.717) is 0 Å². The van der Waals surface area contributed by atoms with Crippen LogP contribution in [-0.2, 0) is 0 Å². The normalized spacial score (nSPS) is 44.4. The summed E-state index contributed by atoms with van der Waals surface area (Å²) in [5.41, 5.74) is 3.71. The molecule has 2 aliphatic carbocycles. The van der Waals surface area contributed by atoms with Gasteiger partial charge in [-0.15, -0.1) is 0 Å². The highest BCUT2D eigenvalue weighted by Crippen LogP contribution is 2.42. The zero-order valence-corrected chi connectivity index (χ0v) is 9.97. The fraction of sp³-hybridized carbons (Fsp3) is 0.857. The summed E-state index contributed by atoms with van der Waals surface area (Å²) in [5, 5.41) is 0. The highest BCUT2D eigenvalue weighted by Gasteiger charge is 2.27. The standard InChI is InChI=1S/C14H24/c1-10-6-4-9-14(12(10)3)13-8-5-7-11(13)2/h10-12H,4-9H2,1-3H3. The Labute approximate surface area is 88.8 Å². The largest absolute Gasteiger partial charge is 0.0679 e. The summed E-state index contributed by atoms with van der Waals surface area (Å²) in [6.45, 7) is 7.32. The molecule has 2 rings (SSSR count). The van der Waals surface area contributed by atoms with Crippen molar-refractivity contribution in [2.45, 2.75) is 59.3 Å². The molecule has 2 saturated carbocycles. The van der Waals surface area contributed by atoms with Gasteiger partial charge in [-0.25, -0.2) is 0 Å². The Kier molecular flexibility index (Phi) is 2.99. The third-order valence-electron chi connectivity index (χ3n) is 4.60. The van der Waals surface area contributed by atoms with Gasteiger partial charge < -0.3 is 0 Å². The van der Waals surface area contributed by atoms with E-state index in [-0.39, 0.29) is 0 Å². The van der Waals surface area contributed by atoms with Crippen LogP contribution in [0.15, 0.2) is 11.1 Å². The van der Waals surface area contributed by atoms with Gasteiger partial charge >= 0.3 is 0 Å². The molecule has 0 aliphatic heterocycles. The Morgan fingerprint density at radius 1 is 0.857 bits per heavy atom. The highest BCUT2D eigenvalue weighted by atomic mass is 14.3. The van der Waals surface area contributed by atoms with Gasteiger partial charge in [-0.1, -0.05) is 31.9 Å². The second-order valence-corrected chi connectivity index (χ2v) is 5.50. The molecular weight excluding hydrogens is 168 g/mol. The van der Waals surface area contributed by atoms with Gasteiger partial charge in [0.2, 0.25) is 0 Å². The van der Waals surface area contributed by atoms with E-state index in [1.807, 2.05) is 11.1 Å². The van der Waals surface area contributed by atoms with Gasteiger partial charge in [0.25, 0.3) is 0 Å². The molecule has 0 saturated heterocycles. The maximum Gasteiger partial charge on any atom is -0.0203 e. The zero-order chi connectivity index (χ0) is 10.1. The van der Waals surface area contributed by atoms with Crippen LogP contribution in [0.2, 0.25) is 0 Å². The predicted octanol–water partition coefficient (Wildman–Crippen LogP) is 4.56. The first-order chi connectivity index (χ1) is 6.70. The summed E-state index contributed by atoms with van der Waals surface area (Å²) < 4.78 is 0. The minimum absolute atomic E-state index is 0.874. The first kappa shape index (κ1) is 10.3. The van der Waals surface area contributed by atoms with Crippen molar-refractivity contribution < 1.29 is 0 Å². The van der Waals surface area contributed by atoms with Crippen LogP contribution in [0.5, 0.6) is 0 Å². The monoisotopic (exact) mass is 192 g/mol. The first-order valence-corrected chi connectivity index (χ1v) is 6.42. The average Bonchev–Trinajstić information content (AvgIpc) is 2.57. The maximum absolute atomic E-state index is 2.46. The SMILES string of the molecule is CC1CCCC1=C1CCCC(C)C1C. The minimum atomic E-state index is 0.874. The fourth-order valence-corrected chi connectivity index (χ4v) is 3.38. The van der Waals surface area contributed by atoms with E-state index in [1.54, 1.807) is 0 Å². The maximum atomic E-state index is 2.46. The molecule has 2 fully saturated rings. The molecule has 0 nitrogen and oxygen atoms in total. The van der Waals surface area contributed by atoms with Crippen molar-refractivity contribution in [2.24, 2.45) is 17.8 Å². The van der Waals surface area contributed by atoms with Crippen molar-refractivity contribution >= 4 is 0 Å². The van der Waals surface area contributed by atoms with Crippen molar-refractivity contribution in [3.63, 3.8) is 0 Å². The average molecular weight is 192 g/mol. The smallest absolute Gasteiger partial charge is 0.0203 e. The van der Waals surface area contributed by atoms with Crippen LogP contribution in [0.3, 0.4) is 0 Å². The van der Waals surface area contributed by atoms with Crippen LogP contribution in [0, 0.1) is 17.8 Å². The lowest BCUT2D eigenvalue weighted by atomic mass is 9.75. The Morgan fingerprint density at radius 2 is 1.50 bits per heavy atom. The Morgan fingerprint density at radius 3 is 2.14 bits per heavy atom. The van der Waals surface area contributed by atoms with Gasteiger partial charge in [-0.3, -0.25) is 0 Å². The topological polar surface area (TPSA) is 0 Å². The van der Waals surface area contributed by atoms with Crippen LogP contribution >= 0.6 is 0 Å². The zero-order valence-electron chi connectivity index (χ0n) is 9.97. The van der Waals surface area contributed by atoms with E-state index in [0.717, 1.165) is 17.8 Å². The lowest BCUT2D eigenvalue weighted by Crippen LogP contribution is -2.18. The second kappa shape index (κ2) is 4.08. The molecule has 0 aromatic carbocycles. The Bertz CT molecular complexity index is 236. The first-order valence-electron chi connectivity index (χ1n) is 6.42. The lowest BCUT2D eigenvalue weighted by molar-refractivity contribution is 0.344. The van der Waals surface area contributed by atoms with Crippen LogP contribution in [0.4, 0.5) is 0 Å². The summed E-state index contributed by atoms with van der Waals surface area (Å²) in [6.07, 6.45) is 8.60. The molecule has 0 aromatic rings. The molecule has 0 amide bonds. The molecule has 3 atom stereocenters. The van der Waals surface area contributed by atoms with E-state index in [9.17, 15) is 0 Å². The molecule has 0 radical (unpaired) electrons. The highest BCUT2D eigenvalue weighted by molar-refractivity contribution is 5.23. The van der Waals surface area contributed by atoms with Crippen LogP contribution in [0.1, 0.15) is 59.3 Å². The Balaban J connectivity index is 2.22. The van der Waals surface area contributed by atoms with Gasteiger partial charge in [0.05, 0.1) is 0 Å². The third-order valence-corrected chi connectivity index (χ3v) is 4.60. The summed E-state index contributed by atoms with van der Waals surface area (Å²) in [7, 11) is 0. The molecule has 2 aliphatic rings. The van der Waals surface area contributed by atoms with Gasteiger partial charge in [0.15, 0.2) is 0 Å². The van der Waals surface area contributed by atoms with Crippen molar-refractivity contribution in [1.29, 1.82) is 0 Å². The van der Waals surface area contributed by atoms with E-state index in [4.69, 9.17) is 0 Å². The number of hydrogen-bond donors (Lipinski definition) is 0. The van der Waals surface area contributed by atoms with Gasteiger partial charge in [-0.05, 0) is 56.3 Å². The molecule has 0 spiro atoms. The van der Waals surface area contributed by atoms with E-state index in [1.165, 1.54) is 38.5 Å². The number of rotatable bonds is 0. The fourth-order valence-electron chi connectivity index (χ4n) is 3.38. The lowest BCUT2D eigenvalue weighted by Gasteiger charge is -2.31. The quantitative estimate of drug-likeness (QED) is 0.494. The predicted molar refractivity (Wildman–Crippen MR) is 62.2 cm³/mol. The van der Waals surface area contributed by atoms with Crippen molar-refractivity contribution in [3.8, 4) is 0 Å². The van der Waals surface area contributed by atoms with Gasteiger partial charge in [0, 0.05) is 0 Å². The number of hydrogen-bond acceptors (Lipinski definition) is 0. The Hall–Kier alpha value is -0.260. The molecule has 0 N–H and O–H groups in total. The second-order valence-electron chi connectivity index (χ2n) is 5.50. The summed E-state index contributed by atoms with van der Waals surface area (Å²) in [4.78, 5) is 0. The van der Waals surface area contributed by atoms with Crippen LogP contribution < -0.4 is 0 Å². The summed E-state index contributed by atoms with van der Waals surface area (Å²) in [5.74, 6) is 2.70. The van der Waals surface area contributed by atoms with Crippen LogP contribution in [-0.4, -0.2) is 0 Å². The minimum Gasteiger partial charge on any atom is -0.0679 e. The summed E-state index contributed by atoms with van der Waals surface area (Å²) >= 11 is 0. The van der Waals surface area contributed by atoms with Gasteiger partial charge in [0.1, 0.15) is 0 Å². The molecule has 0 aromatic heterocycles. The van der Waals surface area contributed by atoms with E-state index >= 15 is 0 Å². The van der Waals surface area contributed by atoms with Crippen molar-refractivity contribution in [3.05, 3.63) is 11.1 Å². The molecule has 0 heterocycles. The third kappa shape index (κ3) is 1.76. The molecule has 0 heteroatoms. The molecule has 3 unspecified atom stereocenters.